The van der Waals surface area contributed by atoms with E-state index in [2.05, 4.69) is 15.9 Å². The third-order valence-electron chi connectivity index (χ3n) is 2.55. The maximum Gasteiger partial charge on any atom is 0.338 e. The Morgan fingerprint density at radius 1 is 1.40 bits per heavy atom. The first-order chi connectivity index (χ1) is 8.94. The Morgan fingerprint density at radius 3 is 2.40 bits per heavy atom. The van der Waals surface area contributed by atoms with Gasteiger partial charge in [0.2, 0.25) is 0 Å². The van der Waals surface area contributed by atoms with Crippen LogP contribution in [0.2, 0.25) is 0 Å². The molecule has 5 nitrogen and oxygen atoms in total. The fourth-order valence-electron chi connectivity index (χ4n) is 1.44. The third-order valence-corrected chi connectivity index (χ3v) is 4.72. The molecule has 0 amide bonds. The van der Waals surface area contributed by atoms with Gasteiger partial charge in [-0.1, -0.05) is 15.9 Å². The molecule has 0 unspecified atom stereocenters. The average molecular weight is 369 g/mol. The molecular formula is C12H14BrFO5S. The number of hydrogen-bond donors (Lipinski definition) is 2. The highest BCUT2D eigenvalue weighted by Gasteiger charge is 2.27. The van der Waals surface area contributed by atoms with E-state index < -0.39 is 43.4 Å². The van der Waals surface area contributed by atoms with Gasteiger partial charge in [0.25, 0.3) is 0 Å². The molecule has 1 rings (SSSR count). The maximum absolute atomic E-state index is 14.0. The summed E-state index contributed by atoms with van der Waals surface area (Å²) in [7, 11) is -4.03. The van der Waals surface area contributed by atoms with Gasteiger partial charge in [0.05, 0.1) is 16.9 Å². The first-order valence-electron chi connectivity index (χ1n) is 5.61. The SMILES string of the molecule is CC(C)(O)CCS(=O)(=O)c1cc(Br)cc(C(=O)O)c1F. The van der Waals surface area contributed by atoms with E-state index in [0.717, 1.165) is 12.1 Å². The van der Waals surface area contributed by atoms with Crippen molar-refractivity contribution in [1.82, 2.24) is 0 Å². The van der Waals surface area contributed by atoms with Crippen molar-refractivity contribution in [3.63, 3.8) is 0 Å². The van der Waals surface area contributed by atoms with Crippen molar-refractivity contribution >= 4 is 31.7 Å². The van der Waals surface area contributed by atoms with Gasteiger partial charge in [0.15, 0.2) is 15.7 Å². The van der Waals surface area contributed by atoms with Crippen LogP contribution in [0.15, 0.2) is 21.5 Å². The van der Waals surface area contributed by atoms with Gasteiger partial charge in [-0.25, -0.2) is 17.6 Å². The fourth-order valence-corrected chi connectivity index (χ4v) is 3.73. The molecule has 8 heteroatoms. The van der Waals surface area contributed by atoms with Gasteiger partial charge < -0.3 is 10.2 Å². The van der Waals surface area contributed by atoms with E-state index in [1.54, 1.807) is 0 Å². The van der Waals surface area contributed by atoms with Crippen molar-refractivity contribution < 1.29 is 27.8 Å². The van der Waals surface area contributed by atoms with Crippen LogP contribution < -0.4 is 0 Å². The van der Waals surface area contributed by atoms with Crippen molar-refractivity contribution in [3.8, 4) is 0 Å². The predicted octanol–water partition coefficient (Wildman–Crippen LogP) is 2.22. The summed E-state index contributed by atoms with van der Waals surface area (Å²) in [5.74, 6) is -3.33. The van der Waals surface area contributed by atoms with Crippen molar-refractivity contribution in [1.29, 1.82) is 0 Å². The first-order valence-corrected chi connectivity index (χ1v) is 8.06. The maximum atomic E-state index is 14.0. The first kappa shape index (κ1) is 17.1. The van der Waals surface area contributed by atoms with E-state index >= 15 is 0 Å². The zero-order valence-electron chi connectivity index (χ0n) is 10.9. The number of carboxylic acid groups (broad SMARTS) is 1. The minimum absolute atomic E-state index is 0.0936. The predicted molar refractivity (Wildman–Crippen MR) is 74.0 cm³/mol. The highest BCUT2D eigenvalue weighted by atomic mass is 79.9. The van der Waals surface area contributed by atoms with E-state index in [9.17, 15) is 22.7 Å². The largest absolute Gasteiger partial charge is 0.478 e. The number of halogens is 2. The molecule has 0 saturated carbocycles. The molecule has 2 N–H and O–H groups in total. The number of aromatic carboxylic acids is 1. The molecule has 0 saturated heterocycles. The molecule has 0 spiro atoms. The van der Waals surface area contributed by atoms with Crippen molar-refractivity contribution in [2.24, 2.45) is 0 Å². The monoisotopic (exact) mass is 368 g/mol. The van der Waals surface area contributed by atoms with Crippen LogP contribution in [0, 0.1) is 5.82 Å². The van der Waals surface area contributed by atoms with E-state index in [-0.39, 0.29) is 10.9 Å². The number of benzene rings is 1. The molecule has 0 radical (unpaired) electrons. The summed E-state index contributed by atoms with van der Waals surface area (Å²) in [4.78, 5) is 10.2. The van der Waals surface area contributed by atoms with Crippen LogP contribution in [-0.4, -0.2) is 36.0 Å². The quantitative estimate of drug-likeness (QED) is 0.831. The molecular weight excluding hydrogens is 355 g/mol. The molecule has 1 aromatic rings. The topological polar surface area (TPSA) is 91.7 Å². The Kier molecular flexibility index (Phi) is 4.94. The summed E-state index contributed by atoms with van der Waals surface area (Å²) >= 11 is 2.95. The van der Waals surface area contributed by atoms with Crippen LogP contribution >= 0.6 is 15.9 Å². The number of carboxylic acids is 1. The van der Waals surface area contributed by atoms with Gasteiger partial charge in [0.1, 0.15) is 4.90 Å². The highest BCUT2D eigenvalue weighted by molar-refractivity contribution is 9.10. The minimum atomic E-state index is -4.03. The van der Waals surface area contributed by atoms with Gasteiger partial charge in [-0.3, -0.25) is 0 Å². The van der Waals surface area contributed by atoms with Gasteiger partial charge in [-0.05, 0) is 32.4 Å². The molecule has 0 fully saturated rings. The highest BCUT2D eigenvalue weighted by Crippen LogP contribution is 2.26. The van der Waals surface area contributed by atoms with Gasteiger partial charge in [-0.15, -0.1) is 0 Å². The molecule has 0 bridgehead atoms. The lowest BCUT2D eigenvalue weighted by Crippen LogP contribution is -2.24. The van der Waals surface area contributed by atoms with Crippen LogP contribution in [0.25, 0.3) is 0 Å². The number of hydrogen-bond acceptors (Lipinski definition) is 4. The van der Waals surface area contributed by atoms with Gasteiger partial charge in [-0.2, -0.15) is 0 Å². The molecule has 0 aliphatic heterocycles. The van der Waals surface area contributed by atoms with Gasteiger partial charge in [0, 0.05) is 4.47 Å². The molecule has 0 aromatic heterocycles. The zero-order chi connectivity index (χ0) is 15.7. The number of sulfone groups is 1. The second-order valence-corrected chi connectivity index (χ2v) is 7.95. The van der Waals surface area contributed by atoms with Crippen LogP contribution in [0.4, 0.5) is 4.39 Å². The third kappa shape index (κ3) is 4.26. The van der Waals surface area contributed by atoms with Gasteiger partial charge >= 0.3 is 5.97 Å². The molecule has 0 atom stereocenters. The average Bonchev–Trinajstić information content (AvgIpc) is 2.28. The molecule has 1 aromatic carbocycles. The Labute approximate surface area is 124 Å². The Morgan fingerprint density at radius 2 is 1.95 bits per heavy atom. The fraction of sp³-hybridized carbons (Fsp3) is 0.417. The number of rotatable bonds is 5. The summed E-state index contributed by atoms with van der Waals surface area (Å²) in [6.45, 7) is 2.87. The van der Waals surface area contributed by atoms with Crippen LogP contribution in [0.1, 0.15) is 30.6 Å². The lowest BCUT2D eigenvalue weighted by Gasteiger charge is -2.17. The molecule has 20 heavy (non-hydrogen) atoms. The lowest BCUT2D eigenvalue weighted by atomic mass is 10.1. The summed E-state index contributed by atoms with van der Waals surface area (Å²) in [6.07, 6.45) is -0.0936. The molecule has 0 heterocycles. The number of aliphatic hydroxyl groups is 1. The summed E-state index contributed by atoms with van der Waals surface area (Å²) in [5, 5.41) is 18.4. The standard InChI is InChI=1S/C12H14BrFO5S/c1-12(2,17)3-4-20(18,19)9-6-7(13)5-8(10(9)14)11(15)16/h5-6,17H,3-4H2,1-2H3,(H,15,16). The minimum Gasteiger partial charge on any atom is -0.478 e. The van der Waals surface area contributed by atoms with Crippen LogP contribution in [0.5, 0.6) is 0 Å². The molecule has 0 aliphatic carbocycles. The summed E-state index contributed by atoms with van der Waals surface area (Å²) in [5.41, 5.74) is -1.94. The molecule has 0 aliphatic rings. The zero-order valence-corrected chi connectivity index (χ0v) is 13.3. The van der Waals surface area contributed by atoms with E-state index in [4.69, 9.17) is 5.11 Å². The van der Waals surface area contributed by atoms with E-state index in [1.807, 2.05) is 0 Å². The summed E-state index contributed by atoms with van der Waals surface area (Å²) < 4.78 is 38.3. The van der Waals surface area contributed by atoms with Crippen molar-refractivity contribution in [2.75, 3.05) is 5.75 Å². The van der Waals surface area contributed by atoms with Crippen molar-refractivity contribution in [2.45, 2.75) is 30.8 Å². The second kappa shape index (κ2) is 5.79. The Hall–Kier alpha value is -0.990. The van der Waals surface area contributed by atoms with E-state index in [0.29, 0.717) is 0 Å². The number of carbonyl (C=O) groups is 1. The summed E-state index contributed by atoms with van der Waals surface area (Å²) in [6, 6.07) is 2.01. The normalized spacial score (nSPS) is 12.4. The second-order valence-electron chi connectivity index (χ2n) is 4.95. The van der Waals surface area contributed by atoms with Crippen molar-refractivity contribution in [3.05, 3.63) is 28.0 Å². The van der Waals surface area contributed by atoms with Crippen LogP contribution in [0.3, 0.4) is 0 Å². The Bertz CT molecular complexity index is 634. The van der Waals surface area contributed by atoms with Crippen LogP contribution in [-0.2, 0) is 9.84 Å². The smallest absolute Gasteiger partial charge is 0.338 e. The molecule has 112 valence electrons. The van der Waals surface area contributed by atoms with E-state index in [1.165, 1.54) is 13.8 Å². The Balaban J connectivity index is 3.29. The lowest BCUT2D eigenvalue weighted by molar-refractivity contribution is 0.0690.